The van der Waals surface area contributed by atoms with Gasteiger partial charge in [-0.1, -0.05) is 38.3 Å². The Balaban J connectivity index is 2.12. The zero-order valence-corrected chi connectivity index (χ0v) is 11.7. The fraction of sp³-hybridized carbons (Fsp3) is 0.571. The molecule has 1 aliphatic heterocycles. The maximum Gasteiger partial charge on any atom is 0.231 e. The zero-order chi connectivity index (χ0) is 13.0. The van der Waals surface area contributed by atoms with Crippen LogP contribution in [0.3, 0.4) is 0 Å². The quantitative estimate of drug-likeness (QED) is 0.828. The van der Waals surface area contributed by atoms with Gasteiger partial charge in [-0.05, 0) is 12.8 Å². The number of hydrogen-bond donors (Lipinski definition) is 1. The summed E-state index contributed by atoms with van der Waals surface area (Å²) in [4.78, 5) is 0. The van der Waals surface area contributed by atoms with Gasteiger partial charge in [-0.3, -0.25) is 0 Å². The minimum Gasteiger partial charge on any atom is -0.454 e. The lowest BCUT2D eigenvalue weighted by molar-refractivity contribution is 0.174. The second-order valence-corrected chi connectivity index (χ2v) is 5.01. The van der Waals surface area contributed by atoms with Gasteiger partial charge >= 0.3 is 0 Å². The lowest BCUT2D eigenvalue weighted by atomic mass is 10.1. The van der Waals surface area contributed by atoms with Crippen LogP contribution in [-0.2, 0) is 0 Å². The first-order chi connectivity index (χ1) is 8.74. The van der Waals surface area contributed by atoms with E-state index in [1.165, 1.54) is 12.8 Å². The number of nitrogens with one attached hydrogen (secondary N) is 1. The minimum atomic E-state index is 0.280. The van der Waals surface area contributed by atoms with Crippen molar-refractivity contribution in [1.82, 2.24) is 0 Å². The van der Waals surface area contributed by atoms with E-state index in [9.17, 15) is 0 Å². The van der Waals surface area contributed by atoms with Gasteiger partial charge < -0.3 is 14.8 Å². The molecular formula is C14H20ClNO2. The molecule has 100 valence electrons. The Bertz CT molecular complexity index is 403. The van der Waals surface area contributed by atoms with E-state index in [-0.39, 0.29) is 6.79 Å². The second kappa shape index (κ2) is 6.19. The van der Waals surface area contributed by atoms with Gasteiger partial charge in [-0.2, -0.15) is 0 Å². The number of hydrogen-bond acceptors (Lipinski definition) is 3. The van der Waals surface area contributed by atoms with Crippen LogP contribution in [0.5, 0.6) is 11.5 Å². The Labute approximate surface area is 113 Å². The summed E-state index contributed by atoms with van der Waals surface area (Å²) < 4.78 is 10.7. The van der Waals surface area contributed by atoms with Crippen LogP contribution >= 0.6 is 11.6 Å². The highest BCUT2D eigenvalue weighted by molar-refractivity contribution is 6.33. The highest BCUT2D eigenvalue weighted by atomic mass is 35.5. The Morgan fingerprint density at radius 1 is 1.17 bits per heavy atom. The zero-order valence-electron chi connectivity index (χ0n) is 11.0. The standard InChI is InChI=1S/C14H20ClNO2/c1-3-5-10(6-4-2)16-12-8-14-13(7-11(12)15)17-9-18-14/h7-8,10,16H,3-6,9H2,1-2H3. The van der Waals surface area contributed by atoms with E-state index < -0.39 is 0 Å². The normalized spacial score (nSPS) is 13.1. The summed E-state index contributed by atoms with van der Waals surface area (Å²) in [7, 11) is 0. The monoisotopic (exact) mass is 269 g/mol. The number of halogens is 1. The van der Waals surface area contributed by atoms with Gasteiger partial charge in [0.05, 0.1) is 10.7 Å². The molecule has 0 saturated heterocycles. The summed E-state index contributed by atoms with van der Waals surface area (Å²) in [5.74, 6) is 1.50. The van der Waals surface area contributed by atoms with Crippen molar-refractivity contribution < 1.29 is 9.47 Å². The smallest absolute Gasteiger partial charge is 0.231 e. The topological polar surface area (TPSA) is 30.5 Å². The molecule has 0 amide bonds. The molecule has 0 saturated carbocycles. The maximum absolute atomic E-state index is 6.25. The molecule has 0 unspecified atom stereocenters. The molecule has 0 bridgehead atoms. The SMILES string of the molecule is CCCC(CCC)Nc1cc2c(cc1Cl)OCO2. The first-order valence-corrected chi connectivity index (χ1v) is 6.98. The molecule has 1 aliphatic rings. The Kier molecular flexibility index (Phi) is 4.59. The lowest BCUT2D eigenvalue weighted by Crippen LogP contribution is -2.19. The summed E-state index contributed by atoms with van der Waals surface area (Å²) in [5, 5.41) is 4.20. The van der Waals surface area contributed by atoms with E-state index in [1.54, 1.807) is 0 Å². The van der Waals surface area contributed by atoms with E-state index in [2.05, 4.69) is 19.2 Å². The summed E-state index contributed by atoms with van der Waals surface area (Å²) >= 11 is 6.25. The number of fused-ring (bicyclic) bond motifs is 1. The molecule has 2 rings (SSSR count). The van der Waals surface area contributed by atoms with Crippen molar-refractivity contribution in [3.05, 3.63) is 17.2 Å². The average molecular weight is 270 g/mol. The van der Waals surface area contributed by atoms with Gasteiger partial charge in [-0.25, -0.2) is 0 Å². The first-order valence-electron chi connectivity index (χ1n) is 6.60. The molecule has 0 aromatic heterocycles. The predicted octanol–water partition coefficient (Wildman–Crippen LogP) is 4.45. The molecule has 4 heteroatoms. The number of benzene rings is 1. The minimum absolute atomic E-state index is 0.280. The third kappa shape index (κ3) is 3.02. The summed E-state index contributed by atoms with van der Waals surface area (Å²) in [5.41, 5.74) is 0.938. The van der Waals surface area contributed by atoms with Gasteiger partial charge in [0, 0.05) is 18.2 Å². The fourth-order valence-electron chi connectivity index (χ4n) is 2.23. The molecule has 1 aromatic carbocycles. The molecule has 0 atom stereocenters. The molecule has 0 spiro atoms. The summed E-state index contributed by atoms with van der Waals surface area (Å²) in [6, 6.07) is 4.22. The number of rotatable bonds is 6. The van der Waals surface area contributed by atoms with Crippen LogP contribution in [0.4, 0.5) is 5.69 Å². The largest absolute Gasteiger partial charge is 0.454 e. The molecule has 1 N–H and O–H groups in total. The molecule has 0 aliphatic carbocycles. The van der Waals surface area contributed by atoms with Crippen LogP contribution in [0.25, 0.3) is 0 Å². The van der Waals surface area contributed by atoms with Gasteiger partial charge in [0.15, 0.2) is 11.5 Å². The van der Waals surface area contributed by atoms with Gasteiger partial charge in [-0.15, -0.1) is 0 Å². The van der Waals surface area contributed by atoms with Gasteiger partial charge in [0.1, 0.15) is 0 Å². The van der Waals surface area contributed by atoms with E-state index in [0.717, 1.165) is 30.0 Å². The first kappa shape index (κ1) is 13.3. The number of anilines is 1. The van der Waals surface area contributed by atoms with Crippen molar-refractivity contribution in [2.45, 2.75) is 45.6 Å². The molecular weight excluding hydrogens is 250 g/mol. The summed E-state index contributed by atoms with van der Waals surface area (Å²) in [6.07, 6.45) is 4.64. The van der Waals surface area contributed by atoms with Crippen LogP contribution in [-0.4, -0.2) is 12.8 Å². The van der Waals surface area contributed by atoms with E-state index >= 15 is 0 Å². The van der Waals surface area contributed by atoms with Crippen LogP contribution < -0.4 is 14.8 Å². The van der Waals surface area contributed by atoms with Crippen LogP contribution in [0, 0.1) is 0 Å². The molecule has 0 radical (unpaired) electrons. The maximum atomic E-state index is 6.25. The Hall–Kier alpha value is -1.09. The van der Waals surface area contributed by atoms with E-state index in [0.29, 0.717) is 11.1 Å². The van der Waals surface area contributed by atoms with E-state index in [4.69, 9.17) is 21.1 Å². The van der Waals surface area contributed by atoms with Crippen molar-refractivity contribution in [1.29, 1.82) is 0 Å². The van der Waals surface area contributed by atoms with Crippen LogP contribution in [0.15, 0.2) is 12.1 Å². The van der Waals surface area contributed by atoms with Crippen molar-refractivity contribution >= 4 is 17.3 Å². The molecule has 1 heterocycles. The van der Waals surface area contributed by atoms with Crippen LogP contribution in [0.2, 0.25) is 5.02 Å². The third-order valence-electron chi connectivity index (χ3n) is 3.10. The molecule has 18 heavy (non-hydrogen) atoms. The van der Waals surface area contributed by atoms with E-state index in [1.807, 2.05) is 12.1 Å². The predicted molar refractivity (Wildman–Crippen MR) is 74.8 cm³/mol. The number of ether oxygens (including phenoxy) is 2. The van der Waals surface area contributed by atoms with Gasteiger partial charge in [0.25, 0.3) is 0 Å². The fourth-order valence-corrected chi connectivity index (χ4v) is 2.44. The average Bonchev–Trinajstić information content (AvgIpc) is 2.77. The molecule has 1 aromatic rings. The summed E-state index contributed by atoms with van der Waals surface area (Å²) in [6.45, 7) is 4.68. The molecule has 0 fully saturated rings. The van der Waals surface area contributed by atoms with Crippen LogP contribution in [0.1, 0.15) is 39.5 Å². The highest BCUT2D eigenvalue weighted by Gasteiger charge is 2.17. The Morgan fingerprint density at radius 2 is 1.78 bits per heavy atom. The van der Waals surface area contributed by atoms with Crippen molar-refractivity contribution in [3.63, 3.8) is 0 Å². The van der Waals surface area contributed by atoms with Crippen molar-refractivity contribution in [2.24, 2.45) is 0 Å². The second-order valence-electron chi connectivity index (χ2n) is 4.60. The highest BCUT2D eigenvalue weighted by Crippen LogP contribution is 2.39. The van der Waals surface area contributed by atoms with Crippen molar-refractivity contribution in [2.75, 3.05) is 12.1 Å². The Morgan fingerprint density at radius 3 is 2.39 bits per heavy atom. The van der Waals surface area contributed by atoms with Crippen molar-refractivity contribution in [3.8, 4) is 11.5 Å². The third-order valence-corrected chi connectivity index (χ3v) is 3.41. The molecule has 3 nitrogen and oxygen atoms in total. The lowest BCUT2D eigenvalue weighted by Gasteiger charge is -2.19. The van der Waals surface area contributed by atoms with Gasteiger partial charge in [0.2, 0.25) is 6.79 Å².